The van der Waals surface area contributed by atoms with Crippen LogP contribution in [0.15, 0.2) is 6.20 Å². The number of thiazole rings is 2. The molecule has 0 unspecified atom stereocenters. The number of carbonyl (C=O) groups is 2. The summed E-state index contributed by atoms with van der Waals surface area (Å²) in [6.07, 6.45) is 1.73. The molecule has 0 aliphatic heterocycles. The maximum absolute atomic E-state index is 11.6. The van der Waals surface area contributed by atoms with Crippen LogP contribution in [0.5, 0.6) is 0 Å². The smallest absolute Gasteiger partial charge is 0.347 e. The van der Waals surface area contributed by atoms with Crippen molar-refractivity contribution in [1.29, 1.82) is 0 Å². The fraction of sp³-hybridized carbons (Fsp3) is 0.333. The zero-order valence-corrected chi connectivity index (χ0v) is 13.1. The normalized spacial score (nSPS) is 10.4. The first-order valence-electron chi connectivity index (χ1n) is 6.08. The molecule has 0 saturated heterocycles. The molecule has 0 aliphatic rings. The maximum atomic E-state index is 11.6. The van der Waals surface area contributed by atoms with Gasteiger partial charge in [0.2, 0.25) is 0 Å². The van der Waals surface area contributed by atoms with Crippen molar-refractivity contribution < 1.29 is 14.7 Å². The molecule has 2 rings (SSSR count). The lowest BCUT2D eigenvalue weighted by Crippen LogP contribution is -2.34. The lowest BCUT2D eigenvalue weighted by molar-refractivity contribution is 0.0701. The van der Waals surface area contributed by atoms with E-state index in [-0.39, 0.29) is 17.5 Å². The molecule has 2 aromatic rings. The highest BCUT2D eigenvalue weighted by Gasteiger charge is 2.14. The minimum Gasteiger partial charge on any atom is -0.477 e. The van der Waals surface area contributed by atoms with Crippen LogP contribution in [-0.2, 0) is 13.1 Å². The van der Waals surface area contributed by atoms with Gasteiger partial charge < -0.3 is 15.7 Å². The second-order valence-electron chi connectivity index (χ2n) is 4.21. The number of carboxylic acids is 1. The highest BCUT2D eigenvalue weighted by atomic mass is 32.1. The van der Waals surface area contributed by atoms with E-state index < -0.39 is 5.97 Å². The third-order valence-corrected chi connectivity index (χ3v) is 4.59. The molecule has 0 atom stereocenters. The Bertz CT molecular complexity index is 665. The average Bonchev–Trinajstić information content (AvgIpc) is 3.00. The molecule has 0 fully saturated rings. The van der Waals surface area contributed by atoms with Gasteiger partial charge in [-0.2, -0.15) is 0 Å². The van der Waals surface area contributed by atoms with Crippen molar-refractivity contribution in [3.63, 3.8) is 0 Å². The fourth-order valence-corrected chi connectivity index (χ4v) is 3.18. The van der Waals surface area contributed by atoms with Gasteiger partial charge in [0, 0.05) is 11.1 Å². The van der Waals surface area contributed by atoms with Crippen molar-refractivity contribution in [1.82, 2.24) is 20.6 Å². The van der Waals surface area contributed by atoms with E-state index in [9.17, 15) is 9.59 Å². The van der Waals surface area contributed by atoms with Crippen molar-refractivity contribution in [2.24, 2.45) is 0 Å². The number of carboxylic acid groups (broad SMARTS) is 1. The summed E-state index contributed by atoms with van der Waals surface area (Å²) in [4.78, 5) is 31.9. The summed E-state index contributed by atoms with van der Waals surface area (Å²) in [5, 5.41) is 15.8. The first kappa shape index (κ1) is 15.4. The maximum Gasteiger partial charge on any atom is 0.347 e. The molecular weight excluding hydrogens is 312 g/mol. The van der Waals surface area contributed by atoms with Gasteiger partial charge in [0.25, 0.3) is 0 Å². The number of carbonyl (C=O) groups excluding carboxylic acids is 1. The highest BCUT2D eigenvalue weighted by molar-refractivity contribution is 7.13. The third kappa shape index (κ3) is 4.23. The SMILES string of the molecule is Cc1ncc(CNC(=O)NCc2nc(C)c(C(=O)O)s2)s1. The van der Waals surface area contributed by atoms with E-state index in [1.54, 1.807) is 13.1 Å². The van der Waals surface area contributed by atoms with E-state index in [1.165, 1.54) is 11.3 Å². The summed E-state index contributed by atoms with van der Waals surface area (Å²) in [6, 6.07) is -0.328. The van der Waals surface area contributed by atoms with Gasteiger partial charge in [0.1, 0.15) is 9.88 Å². The molecule has 0 spiro atoms. The van der Waals surface area contributed by atoms with Crippen molar-refractivity contribution in [3.05, 3.63) is 31.7 Å². The Kier molecular flexibility index (Phi) is 4.86. The van der Waals surface area contributed by atoms with E-state index in [0.717, 1.165) is 21.2 Å². The summed E-state index contributed by atoms with van der Waals surface area (Å²) in [7, 11) is 0. The van der Waals surface area contributed by atoms with Gasteiger partial charge in [-0.1, -0.05) is 0 Å². The van der Waals surface area contributed by atoms with Gasteiger partial charge in [-0.05, 0) is 13.8 Å². The Labute approximate surface area is 129 Å². The zero-order valence-electron chi connectivity index (χ0n) is 11.5. The van der Waals surface area contributed by atoms with Crippen LogP contribution in [0.2, 0.25) is 0 Å². The van der Waals surface area contributed by atoms with Crippen LogP contribution < -0.4 is 10.6 Å². The number of hydrogen-bond donors (Lipinski definition) is 3. The molecule has 3 N–H and O–H groups in total. The predicted octanol–water partition coefficient (Wildman–Crippen LogP) is 1.91. The highest BCUT2D eigenvalue weighted by Crippen LogP contribution is 2.17. The van der Waals surface area contributed by atoms with Crippen LogP contribution in [-0.4, -0.2) is 27.1 Å². The minimum atomic E-state index is -0.999. The molecule has 2 heterocycles. The van der Waals surface area contributed by atoms with Crippen LogP contribution in [0.4, 0.5) is 4.79 Å². The molecule has 112 valence electrons. The molecule has 0 saturated carbocycles. The molecule has 7 nitrogen and oxygen atoms in total. The fourth-order valence-electron chi connectivity index (χ4n) is 1.60. The summed E-state index contributed by atoms with van der Waals surface area (Å²) in [5.74, 6) is -0.999. The standard InChI is InChI=1S/C12H14N4O3S2/c1-6-10(11(17)18)21-9(16-6)5-15-12(19)14-4-8-3-13-7(2)20-8/h3H,4-5H2,1-2H3,(H,17,18)(H2,14,15,19). The molecule has 0 bridgehead atoms. The lowest BCUT2D eigenvalue weighted by atomic mass is 10.4. The zero-order chi connectivity index (χ0) is 15.4. The Morgan fingerprint density at radius 3 is 2.52 bits per heavy atom. The van der Waals surface area contributed by atoms with Crippen molar-refractivity contribution in [3.8, 4) is 0 Å². The molecular formula is C12H14N4O3S2. The molecule has 9 heteroatoms. The van der Waals surface area contributed by atoms with Gasteiger partial charge in [-0.15, -0.1) is 22.7 Å². The van der Waals surface area contributed by atoms with Gasteiger partial charge in [-0.3, -0.25) is 0 Å². The van der Waals surface area contributed by atoms with Crippen LogP contribution in [0.1, 0.15) is 30.3 Å². The van der Waals surface area contributed by atoms with Crippen LogP contribution in [0, 0.1) is 13.8 Å². The molecule has 21 heavy (non-hydrogen) atoms. The second kappa shape index (κ2) is 6.64. The van der Waals surface area contributed by atoms with E-state index in [2.05, 4.69) is 20.6 Å². The number of aromatic carboxylic acids is 1. The van der Waals surface area contributed by atoms with Gasteiger partial charge >= 0.3 is 12.0 Å². The van der Waals surface area contributed by atoms with E-state index in [0.29, 0.717) is 17.2 Å². The van der Waals surface area contributed by atoms with Gasteiger partial charge in [-0.25, -0.2) is 19.6 Å². The van der Waals surface area contributed by atoms with Crippen molar-refractivity contribution in [2.75, 3.05) is 0 Å². The van der Waals surface area contributed by atoms with Gasteiger partial charge in [0.05, 0.1) is 23.8 Å². The summed E-state index contributed by atoms with van der Waals surface area (Å²) >= 11 is 2.59. The largest absolute Gasteiger partial charge is 0.477 e. The van der Waals surface area contributed by atoms with Crippen molar-refractivity contribution in [2.45, 2.75) is 26.9 Å². The summed E-state index contributed by atoms with van der Waals surface area (Å²) < 4.78 is 0. The monoisotopic (exact) mass is 326 g/mol. The first-order chi connectivity index (χ1) is 9.95. The van der Waals surface area contributed by atoms with Crippen LogP contribution in [0.3, 0.4) is 0 Å². The topological polar surface area (TPSA) is 104 Å². The molecule has 0 radical (unpaired) electrons. The van der Waals surface area contributed by atoms with Crippen molar-refractivity contribution >= 4 is 34.7 Å². The lowest BCUT2D eigenvalue weighted by Gasteiger charge is -2.04. The minimum absolute atomic E-state index is 0.201. The summed E-state index contributed by atoms with van der Waals surface area (Å²) in [6.45, 7) is 4.15. The van der Waals surface area contributed by atoms with Crippen LogP contribution in [0.25, 0.3) is 0 Å². The number of nitrogens with one attached hydrogen (secondary N) is 2. The molecule has 2 aromatic heterocycles. The summed E-state index contributed by atoms with van der Waals surface area (Å²) in [5.41, 5.74) is 0.463. The Morgan fingerprint density at radius 1 is 1.24 bits per heavy atom. The quantitative estimate of drug-likeness (QED) is 0.778. The Morgan fingerprint density at radius 2 is 1.95 bits per heavy atom. The number of amides is 2. The average molecular weight is 326 g/mol. The number of aromatic nitrogens is 2. The number of aryl methyl sites for hydroxylation is 2. The number of hydrogen-bond acceptors (Lipinski definition) is 6. The molecule has 2 amide bonds. The molecule has 0 aromatic carbocycles. The Balaban J connectivity index is 1.81. The number of nitrogens with zero attached hydrogens (tertiary/aromatic N) is 2. The van der Waals surface area contributed by atoms with E-state index in [1.807, 2.05) is 6.92 Å². The van der Waals surface area contributed by atoms with E-state index in [4.69, 9.17) is 5.11 Å². The Hall–Kier alpha value is -2.00. The third-order valence-electron chi connectivity index (χ3n) is 2.53. The van der Waals surface area contributed by atoms with Crippen LogP contribution >= 0.6 is 22.7 Å². The second-order valence-corrected chi connectivity index (χ2v) is 6.61. The molecule has 0 aliphatic carbocycles. The predicted molar refractivity (Wildman–Crippen MR) is 79.7 cm³/mol. The van der Waals surface area contributed by atoms with E-state index >= 15 is 0 Å². The number of urea groups is 1. The first-order valence-corrected chi connectivity index (χ1v) is 7.71. The van der Waals surface area contributed by atoms with Gasteiger partial charge in [0.15, 0.2) is 0 Å². The number of rotatable bonds is 5.